The van der Waals surface area contributed by atoms with Crippen LogP contribution in [-0.2, 0) is 11.3 Å². The van der Waals surface area contributed by atoms with Crippen molar-refractivity contribution >= 4 is 21.8 Å². The van der Waals surface area contributed by atoms with Crippen molar-refractivity contribution in [2.75, 3.05) is 0 Å². The minimum atomic E-state index is -0.129. The Kier molecular flexibility index (Phi) is 5.59. The smallest absolute Gasteiger partial charge is 0.253 e. The molecule has 0 fully saturated rings. The normalized spacial score (nSPS) is 12.2. The molecule has 1 amide bonds. The third-order valence-corrected chi connectivity index (χ3v) is 3.11. The van der Waals surface area contributed by atoms with E-state index in [0.717, 1.165) is 17.3 Å². The Hall–Kier alpha value is -1.10. The molecule has 1 heterocycles. The van der Waals surface area contributed by atoms with E-state index in [1.54, 1.807) is 19.2 Å². The van der Waals surface area contributed by atoms with Gasteiger partial charge in [0.05, 0.1) is 0 Å². The van der Waals surface area contributed by atoms with Crippen LogP contribution in [0.25, 0.3) is 0 Å². The second-order valence-corrected chi connectivity index (χ2v) is 5.45. The van der Waals surface area contributed by atoms with E-state index in [2.05, 4.69) is 28.2 Å². The average Bonchev–Trinajstić information content (AvgIpc) is 2.25. The molecule has 1 N–H and O–H groups in total. The molecule has 0 aliphatic rings. The minimum Gasteiger partial charge on any atom is -0.352 e. The zero-order valence-corrected chi connectivity index (χ0v) is 12.6. The summed E-state index contributed by atoms with van der Waals surface area (Å²) in [5.41, 5.74) is 0.496. The lowest BCUT2D eigenvalue weighted by Gasteiger charge is -2.14. The number of carbonyl (C=O) groups excluding carboxylic acids is 1. The lowest BCUT2D eigenvalue weighted by atomic mass is 10.2. The number of carbonyl (C=O) groups is 1. The van der Waals surface area contributed by atoms with E-state index >= 15 is 0 Å². The Labute approximate surface area is 116 Å². The fourth-order valence-corrected chi connectivity index (χ4v) is 2.43. The van der Waals surface area contributed by atoms with Crippen LogP contribution >= 0.6 is 15.9 Å². The molecule has 0 radical (unpaired) electrons. The van der Waals surface area contributed by atoms with Crippen molar-refractivity contribution in [2.45, 2.75) is 46.2 Å². The summed E-state index contributed by atoms with van der Waals surface area (Å²) in [5.74, 6) is -0.129. The van der Waals surface area contributed by atoms with Gasteiger partial charge in [0, 0.05) is 22.3 Å². The SMILES string of the molecule is CCCC(C)NC(=O)Cn1cc(Br)cc(C)c1=O. The summed E-state index contributed by atoms with van der Waals surface area (Å²) < 4.78 is 2.22. The van der Waals surface area contributed by atoms with E-state index < -0.39 is 0 Å². The Morgan fingerprint density at radius 3 is 2.83 bits per heavy atom. The maximum absolute atomic E-state index is 11.8. The summed E-state index contributed by atoms with van der Waals surface area (Å²) >= 11 is 3.32. The number of rotatable bonds is 5. The molecular weight excluding hydrogens is 296 g/mol. The fraction of sp³-hybridized carbons (Fsp3) is 0.538. The van der Waals surface area contributed by atoms with Gasteiger partial charge in [0.2, 0.25) is 5.91 Å². The van der Waals surface area contributed by atoms with Crippen molar-refractivity contribution in [3.63, 3.8) is 0 Å². The van der Waals surface area contributed by atoms with Gasteiger partial charge < -0.3 is 9.88 Å². The molecule has 0 spiro atoms. The van der Waals surface area contributed by atoms with Gasteiger partial charge in [-0.2, -0.15) is 0 Å². The lowest BCUT2D eigenvalue weighted by Crippen LogP contribution is -2.37. The van der Waals surface area contributed by atoms with Gasteiger partial charge in [0.1, 0.15) is 6.54 Å². The fourth-order valence-electron chi connectivity index (χ4n) is 1.84. The maximum Gasteiger partial charge on any atom is 0.253 e. The quantitative estimate of drug-likeness (QED) is 0.906. The molecule has 0 saturated carbocycles. The first-order chi connectivity index (χ1) is 8.43. The number of pyridine rings is 1. The summed E-state index contributed by atoms with van der Waals surface area (Å²) in [6.07, 6.45) is 3.61. The summed E-state index contributed by atoms with van der Waals surface area (Å²) in [6, 6.07) is 1.89. The minimum absolute atomic E-state index is 0.0627. The number of halogens is 1. The van der Waals surface area contributed by atoms with Crippen LogP contribution in [0.15, 0.2) is 21.5 Å². The van der Waals surface area contributed by atoms with Crippen molar-refractivity contribution in [1.29, 1.82) is 0 Å². The molecule has 4 nitrogen and oxygen atoms in total. The molecule has 1 aromatic rings. The third-order valence-electron chi connectivity index (χ3n) is 2.67. The standard InChI is InChI=1S/C13H19BrN2O2/c1-4-5-10(3)15-12(17)8-16-7-11(14)6-9(2)13(16)18/h6-7,10H,4-5,8H2,1-3H3,(H,15,17). The number of amides is 1. The topological polar surface area (TPSA) is 51.1 Å². The van der Waals surface area contributed by atoms with Crippen LogP contribution in [0.3, 0.4) is 0 Å². The van der Waals surface area contributed by atoms with Crippen LogP contribution in [0.2, 0.25) is 0 Å². The largest absolute Gasteiger partial charge is 0.352 e. The molecule has 100 valence electrons. The highest BCUT2D eigenvalue weighted by Gasteiger charge is 2.09. The molecule has 0 saturated heterocycles. The van der Waals surface area contributed by atoms with Crippen LogP contribution < -0.4 is 10.9 Å². The van der Waals surface area contributed by atoms with Crippen LogP contribution in [0, 0.1) is 6.92 Å². The summed E-state index contributed by atoms with van der Waals surface area (Å²) in [4.78, 5) is 23.6. The third kappa shape index (κ3) is 4.29. The number of aromatic nitrogens is 1. The average molecular weight is 315 g/mol. The highest BCUT2D eigenvalue weighted by atomic mass is 79.9. The van der Waals surface area contributed by atoms with Gasteiger partial charge in [0.15, 0.2) is 0 Å². The van der Waals surface area contributed by atoms with Gasteiger partial charge >= 0.3 is 0 Å². The maximum atomic E-state index is 11.8. The zero-order valence-electron chi connectivity index (χ0n) is 11.0. The predicted octanol–water partition coefficient (Wildman–Crippen LogP) is 2.22. The second kappa shape index (κ2) is 6.73. The Balaban J connectivity index is 2.73. The first kappa shape index (κ1) is 15.0. The monoisotopic (exact) mass is 314 g/mol. The Morgan fingerprint density at radius 1 is 1.56 bits per heavy atom. The number of hydrogen-bond donors (Lipinski definition) is 1. The Bertz CT molecular complexity index is 482. The number of nitrogens with zero attached hydrogens (tertiary/aromatic N) is 1. The van der Waals surface area contributed by atoms with Crippen LogP contribution in [0.1, 0.15) is 32.3 Å². The molecule has 1 atom stereocenters. The highest BCUT2D eigenvalue weighted by molar-refractivity contribution is 9.10. The van der Waals surface area contributed by atoms with Crippen LogP contribution in [0.4, 0.5) is 0 Å². The van der Waals surface area contributed by atoms with Gasteiger partial charge in [-0.05, 0) is 42.3 Å². The molecular formula is C13H19BrN2O2. The summed E-state index contributed by atoms with van der Waals surface area (Å²) in [6.45, 7) is 5.84. The van der Waals surface area contributed by atoms with Gasteiger partial charge in [-0.15, -0.1) is 0 Å². The van der Waals surface area contributed by atoms with Crippen molar-refractivity contribution in [1.82, 2.24) is 9.88 Å². The summed E-state index contributed by atoms with van der Waals surface area (Å²) in [7, 11) is 0. The molecule has 1 aromatic heterocycles. The lowest BCUT2D eigenvalue weighted by molar-refractivity contribution is -0.122. The van der Waals surface area contributed by atoms with E-state index in [9.17, 15) is 9.59 Å². The van der Waals surface area contributed by atoms with Gasteiger partial charge in [0.25, 0.3) is 5.56 Å². The molecule has 5 heteroatoms. The van der Waals surface area contributed by atoms with Gasteiger partial charge in [-0.3, -0.25) is 9.59 Å². The Morgan fingerprint density at radius 2 is 2.22 bits per heavy atom. The molecule has 0 aliphatic carbocycles. The molecule has 1 unspecified atom stereocenters. The van der Waals surface area contributed by atoms with E-state index in [1.807, 2.05) is 6.92 Å². The first-order valence-electron chi connectivity index (χ1n) is 6.10. The van der Waals surface area contributed by atoms with Gasteiger partial charge in [-0.25, -0.2) is 0 Å². The zero-order chi connectivity index (χ0) is 13.7. The predicted molar refractivity (Wildman–Crippen MR) is 75.7 cm³/mol. The molecule has 1 rings (SSSR count). The van der Waals surface area contributed by atoms with Gasteiger partial charge in [-0.1, -0.05) is 13.3 Å². The molecule has 0 bridgehead atoms. The van der Waals surface area contributed by atoms with E-state index in [0.29, 0.717) is 5.56 Å². The van der Waals surface area contributed by atoms with E-state index in [1.165, 1.54) is 4.57 Å². The van der Waals surface area contributed by atoms with E-state index in [-0.39, 0.29) is 24.1 Å². The number of nitrogens with one attached hydrogen (secondary N) is 1. The van der Waals surface area contributed by atoms with Crippen molar-refractivity contribution in [2.24, 2.45) is 0 Å². The van der Waals surface area contributed by atoms with Crippen molar-refractivity contribution < 1.29 is 4.79 Å². The molecule has 18 heavy (non-hydrogen) atoms. The van der Waals surface area contributed by atoms with Crippen molar-refractivity contribution in [3.05, 3.63) is 32.7 Å². The first-order valence-corrected chi connectivity index (χ1v) is 6.89. The number of aryl methyl sites for hydroxylation is 1. The summed E-state index contributed by atoms with van der Waals surface area (Å²) in [5, 5.41) is 2.88. The van der Waals surface area contributed by atoms with Crippen LogP contribution in [0.5, 0.6) is 0 Å². The molecule has 0 aromatic carbocycles. The number of hydrogen-bond acceptors (Lipinski definition) is 2. The molecule has 0 aliphatic heterocycles. The van der Waals surface area contributed by atoms with Crippen molar-refractivity contribution in [3.8, 4) is 0 Å². The van der Waals surface area contributed by atoms with E-state index in [4.69, 9.17) is 0 Å². The highest BCUT2D eigenvalue weighted by Crippen LogP contribution is 2.07. The van der Waals surface area contributed by atoms with Crippen LogP contribution in [-0.4, -0.2) is 16.5 Å². The second-order valence-electron chi connectivity index (χ2n) is 4.53.